The van der Waals surface area contributed by atoms with Crippen molar-refractivity contribution in [1.29, 1.82) is 0 Å². The Morgan fingerprint density at radius 3 is 2.47 bits per heavy atom. The first-order chi connectivity index (χ1) is 7.89. The van der Waals surface area contributed by atoms with Crippen LogP contribution in [0.1, 0.15) is 32.2 Å². The van der Waals surface area contributed by atoms with Gasteiger partial charge in [-0.15, -0.1) is 0 Å². The summed E-state index contributed by atoms with van der Waals surface area (Å²) in [5.41, 5.74) is 2.90. The number of hydrogen-bond donors (Lipinski definition) is 0. The van der Waals surface area contributed by atoms with Crippen LogP contribution in [-0.2, 0) is 5.41 Å². The first-order valence-electron chi connectivity index (χ1n) is 5.47. The van der Waals surface area contributed by atoms with E-state index in [2.05, 4.69) is 42.2 Å². The fourth-order valence-electron chi connectivity index (χ4n) is 1.50. The second-order valence-electron chi connectivity index (χ2n) is 5.07. The van der Waals surface area contributed by atoms with Crippen molar-refractivity contribution in [2.75, 3.05) is 0 Å². The molecule has 0 saturated heterocycles. The lowest BCUT2D eigenvalue weighted by Crippen LogP contribution is -2.17. The molecule has 2 heterocycles. The van der Waals surface area contributed by atoms with Crippen LogP contribution in [0.5, 0.6) is 0 Å². The van der Waals surface area contributed by atoms with Crippen LogP contribution in [0.15, 0.2) is 16.8 Å². The molecule has 2 rings (SSSR count). The summed E-state index contributed by atoms with van der Waals surface area (Å²) in [6.45, 7) is 8.23. The van der Waals surface area contributed by atoms with Crippen LogP contribution in [0, 0.1) is 6.92 Å². The predicted octanol–water partition coefficient (Wildman–Crippen LogP) is 4.46. The van der Waals surface area contributed by atoms with Gasteiger partial charge in [0.15, 0.2) is 0 Å². The van der Waals surface area contributed by atoms with E-state index in [-0.39, 0.29) is 5.41 Å². The summed E-state index contributed by atoms with van der Waals surface area (Å²) in [4.78, 5) is 9.03. The van der Waals surface area contributed by atoms with Crippen molar-refractivity contribution in [2.24, 2.45) is 0 Å². The molecule has 2 aromatic rings. The molecule has 0 aliphatic heterocycles. The van der Waals surface area contributed by atoms with Crippen molar-refractivity contribution in [3.8, 4) is 11.3 Å². The van der Waals surface area contributed by atoms with Gasteiger partial charge in [-0.1, -0.05) is 32.4 Å². The van der Waals surface area contributed by atoms with Crippen LogP contribution in [-0.4, -0.2) is 9.97 Å². The van der Waals surface area contributed by atoms with Gasteiger partial charge in [0.2, 0.25) is 0 Å². The molecule has 2 aromatic heterocycles. The number of nitrogens with zero attached hydrogens (tertiary/aromatic N) is 2. The van der Waals surface area contributed by atoms with Crippen LogP contribution in [0.25, 0.3) is 11.3 Å². The fraction of sp³-hybridized carbons (Fsp3) is 0.385. The Labute approximate surface area is 111 Å². The topological polar surface area (TPSA) is 25.8 Å². The molecule has 0 aromatic carbocycles. The zero-order chi connectivity index (χ0) is 12.6. The summed E-state index contributed by atoms with van der Waals surface area (Å²) in [6, 6.07) is 2.06. The molecule has 0 spiro atoms. The van der Waals surface area contributed by atoms with Crippen molar-refractivity contribution < 1.29 is 0 Å². The van der Waals surface area contributed by atoms with Gasteiger partial charge in [-0.25, -0.2) is 9.97 Å². The van der Waals surface area contributed by atoms with Gasteiger partial charge in [0, 0.05) is 21.9 Å². The van der Waals surface area contributed by atoms with E-state index in [0.29, 0.717) is 5.15 Å². The highest BCUT2D eigenvalue weighted by molar-refractivity contribution is 7.08. The summed E-state index contributed by atoms with van der Waals surface area (Å²) in [7, 11) is 0. The minimum Gasteiger partial charge on any atom is -0.232 e. The fourth-order valence-corrected chi connectivity index (χ4v) is 2.32. The van der Waals surface area contributed by atoms with Gasteiger partial charge in [-0.2, -0.15) is 11.3 Å². The zero-order valence-corrected chi connectivity index (χ0v) is 12.0. The van der Waals surface area contributed by atoms with E-state index in [1.807, 2.05) is 12.3 Å². The smallest absolute Gasteiger partial charge is 0.136 e. The van der Waals surface area contributed by atoms with Crippen LogP contribution in [0.3, 0.4) is 0 Å². The van der Waals surface area contributed by atoms with Crippen LogP contribution in [0.2, 0.25) is 5.15 Å². The van der Waals surface area contributed by atoms with E-state index in [4.69, 9.17) is 11.6 Å². The Hall–Kier alpha value is -0.930. The lowest BCUT2D eigenvalue weighted by atomic mass is 9.95. The van der Waals surface area contributed by atoms with Gasteiger partial charge in [0.25, 0.3) is 0 Å². The predicted molar refractivity (Wildman–Crippen MR) is 73.8 cm³/mol. The molecule has 0 amide bonds. The van der Waals surface area contributed by atoms with E-state index in [1.54, 1.807) is 11.3 Å². The molecule has 2 nitrogen and oxygen atoms in total. The van der Waals surface area contributed by atoms with Gasteiger partial charge in [0.05, 0.1) is 5.69 Å². The molecular weight excluding hydrogens is 252 g/mol. The first-order valence-corrected chi connectivity index (χ1v) is 6.79. The number of thiophene rings is 1. The van der Waals surface area contributed by atoms with E-state index in [9.17, 15) is 0 Å². The van der Waals surface area contributed by atoms with Gasteiger partial charge >= 0.3 is 0 Å². The maximum absolute atomic E-state index is 6.19. The largest absolute Gasteiger partial charge is 0.232 e. The van der Waals surface area contributed by atoms with E-state index < -0.39 is 0 Å². The summed E-state index contributed by atoms with van der Waals surface area (Å²) < 4.78 is 0. The average Bonchev–Trinajstić information content (AvgIpc) is 2.73. The van der Waals surface area contributed by atoms with Gasteiger partial charge in [-0.05, 0) is 18.4 Å². The maximum atomic E-state index is 6.19. The highest BCUT2D eigenvalue weighted by Gasteiger charge is 2.21. The minimum absolute atomic E-state index is 0.0951. The second-order valence-corrected chi connectivity index (χ2v) is 6.21. The van der Waals surface area contributed by atoms with E-state index >= 15 is 0 Å². The second kappa shape index (κ2) is 4.39. The molecule has 0 aliphatic rings. The number of aromatic nitrogens is 2. The van der Waals surface area contributed by atoms with Gasteiger partial charge in [0.1, 0.15) is 11.0 Å². The molecule has 0 N–H and O–H groups in total. The van der Waals surface area contributed by atoms with Crippen LogP contribution >= 0.6 is 22.9 Å². The van der Waals surface area contributed by atoms with E-state index in [0.717, 1.165) is 22.6 Å². The van der Waals surface area contributed by atoms with Crippen LogP contribution < -0.4 is 0 Å². The van der Waals surface area contributed by atoms with Crippen molar-refractivity contribution in [2.45, 2.75) is 33.1 Å². The lowest BCUT2D eigenvalue weighted by Gasteiger charge is -2.18. The Kier molecular flexibility index (Phi) is 3.23. The van der Waals surface area contributed by atoms with Crippen molar-refractivity contribution in [1.82, 2.24) is 9.97 Å². The maximum Gasteiger partial charge on any atom is 0.136 e. The normalized spacial score (nSPS) is 11.8. The third-order valence-corrected chi connectivity index (χ3v) is 3.60. The monoisotopic (exact) mass is 266 g/mol. The number of halogens is 1. The highest BCUT2D eigenvalue weighted by atomic mass is 35.5. The Bertz CT molecular complexity index is 527. The molecule has 0 unspecified atom stereocenters. The first kappa shape index (κ1) is 12.5. The van der Waals surface area contributed by atoms with Crippen molar-refractivity contribution in [3.05, 3.63) is 33.4 Å². The highest BCUT2D eigenvalue weighted by Crippen LogP contribution is 2.30. The minimum atomic E-state index is -0.0951. The third kappa shape index (κ3) is 2.50. The molecule has 4 heteroatoms. The Balaban J connectivity index is 2.64. The zero-order valence-electron chi connectivity index (χ0n) is 10.4. The average molecular weight is 267 g/mol. The number of rotatable bonds is 1. The molecule has 0 bridgehead atoms. The standard InChI is InChI=1S/C13H15ClN2S/c1-8-10(9-5-6-17-7-9)15-12(13(2,3)4)16-11(8)14/h5-7H,1-4H3. The Morgan fingerprint density at radius 1 is 1.24 bits per heavy atom. The summed E-state index contributed by atoms with van der Waals surface area (Å²) in [5.74, 6) is 0.786. The number of hydrogen-bond acceptors (Lipinski definition) is 3. The molecule has 17 heavy (non-hydrogen) atoms. The van der Waals surface area contributed by atoms with Crippen molar-refractivity contribution >= 4 is 22.9 Å². The summed E-state index contributed by atoms with van der Waals surface area (Å²) in [5, 5.41) is 4.67. The molecule has 90 valence electrons. The lowest BCUT2D eigenvalue weighted by molar-refractivity contribution is 0.545. The summed E-state index contributed by atoms with van der Waals surface area (Å²) in [6.07, 6.45) is 0. The van der Waals surface area contributed by atoms with Gasteiger partial charge in [-0.3, -0.25) is 0 Å². The molecule has 0 aliphatic carbocycles. The Morgan fingerprint density at radius 2 is 1.94 bits per heavy atom. The van der Waals surface area contributed by atoms with E-state index in [1.165, 1.54) is 0 Å². The van der Waals surface area contributed by atoms with Crippen LogP contribution in [0.4, 0.5) is 0 Å². The SMILES string of the molecule is Cc1c(Cl)nc(C(C)(C)C)nc1-c1ccsc1. The summed E-state index contributed by atoms with van der Waals surface area (Å²) >= 11 is 7.85. The molecule has 0 fully saturated rings. The third-order valence-electron chi connectivity index (χ3n) is 2.55. The van der Waals surface area contributed by atoms with Gasteiger partial charge < -0.3 is 0 Å². The molecule has 0 atom stereocenters. The molecular formula is C13H15ClN2S. The molecule has 0 radical (unpaired) electrons. The molecule has 0 saturated carbocycles. The van der Waals surface area contributed by atoms with Crippen molar-refractivity contribution in [3.63, 3.8) is 0 Å². The quantitative estimate of drug-likeness (QED) is 0.712.